The predicted molar refractivity (Wildman–Crippen MR) is 84.0 cm³/mol. The van der Waals surface area contributed by atoms with Crippen LogP contribution in [0, 0.1) is 11.8 Å². The first-order valence-corrected chi connectivity index (χ1v) is 8.51. The molecule has 2 N–H and O–H groups in total. The smallest absolute Gasteiger partial charge is 0.230 e. The van der Waals surface area contributed by atoms with E-state index in [1.165, 1.54) is 4.90 Å². The van der Waals surface area contributed by atoms with Crippen LogP contribution in [0.2, 0.25) is 0 Å². The molecular formula is C16H22N2OS. The molecule has 0 atom stereocenters. The zero-order valence-corrected chi connectivity index (χ0v) is 12.6. The summed E-state index contributed by atoms with van der Waals surface area (Å²) >= 11 is 1.85. The molecule has 108 valence electrons. The molecule has 0 bridgehead atoms. The van der Waals surface area contributed by atoms with Crippen LogP contribution in [0.3, 0.4) is 0 Å². The molecule has 3 nitrogen and oxygen atoms in total. The topological polar surface area (TPSA) is 46.3 Å². The van der Waals surface area contributed by atoms with Crippen LogP contribution in [0.1, 0.15) is 25.7 Å². The van der Waals surface area contributed by atoms with Gasteiger partial charge in [-0.3, -0.25) is 4.79 Å². The zero-order valence-electron chi connectivity index (χ0n) is 11.8. The minimum Gasteiger partial charge on any atom is -0.330 e. The number of nitrogens with zero attached hydrogens (tertiary/aromatic N) is 1. The van der Waals surface area contributed by atoms with Crippen molar-refractivity contribution >= 4 is 23.4 Å². The molecule has 0 saturated heterocycles. The lowest BCUT2D eigenvalue weighted by Gasteiger charge is -2.34. The molecule has 2 aliphatic rings. The van der Waals surface area contributed by atoms with E-state index in [1.807, 2.05) is 28.8 Å². The fraction of sp³-hybridized carbons (Fsp3) is 0.562. The summed E-state index contributed by atoms with van der Waals surface area (Å²) in [6.45, 7) is 1.61. The van der Waals surface area contributed by atoms with Crippen molar-refractivity contribution in [1.82, 2.24) is 0 Å². The Morgan fingerprint density at radius 3 is 2.75 bits per heavy atom. The van der Waals surface area contributed by atoms with Crippen LogP contribution in [0.25, 0.3) is 0 Å². The third kappa shape index (κ3) is 2.72. The molecule has 1 aliphatic carbocycles. The van der Waals surface area contributed by atoms with E-state index < -0.39 is 0 Å². The first-order valence-electron chi connectivity index (χ1n) is 7.53. The summed E-state index contributed by atoms with van der Waals surface area (Å²) in [4.78, 5) is 16.0. The lowest BCUT2D eigenvalue weighted by Crippen LogP contribution is -2.41. The molecule has 1 saturated carbocycles. The van der Waals surface area contributed by atoms with Crippen molar-refractivity contribution in [2.75, 3.05) is 23.7 Å². The van der Waals surface area contributed by atoms with Gasteiger partial charge in [0, 0.05) is 23.1 Å². The van der Waals surface area contributed by atoms with Crippen molar-refractivity contribution < 1.29 is 4.79 Å². The number of nitrogens with two attached hydrogens (primary N) is 1. The number of rotatable bonds is 2. The number of para-hydroxylation sites is 1. The van der Waals surface area contributed by atoms with Gasteiger partial charge < -0.3 is 10.6 Å². The Bertz CT molecular complexity index is 483. The third-order valence-electron chi connectivity index (χ3n) is 4.52. The highest BCUT2D eigenvalue weighted by Gasteiger charge is 2.31. The Balaban J connectivity index is 1.72. The normalized spacial score (nSPS) is 26.1. The van der Waals surface area contributed by atoms with Crippen molar-refractivity contribution in [3.63, 3.8) is 0 Å². The average molecular weight is 290 g/mol. The maximum atomic E-state index is 12.8. The van der Waals surface area contributed by atoms with Crippen LogP contribution in [-0.2, 0) is 4.79 Å². The third-order valence-corrected chi connectivity index (χ3v) is 5.57. The number of carbonyl (C=O) groups excluding carboxylic acids is 1. The van der Waals surface area contributed by atoms with E-state index in [2.05, 4.69) is 12.1 Å². The van der Waals surface area contributed by atoms with Gasteiger partial charge in [-0.15, -0.1) is 11.8 Å². The van der Waals surface area contributed by atoms with Crippen LogP contribution < -0.4 is 10.6 Å². The highest BCUT2D eigenvalue weighted by atomic mass is 32.2. The molecular weight excluding hydrogens is 268 g/mol. The second-order valence-electron chi connectivity index (χ2n) is 5.76. The van der Waals surface area contributed by atoms with Crippen molar-refractivity contribution in [3.05, 3.63) is 24.3 Å². The van der Waals surface area contributed by atoms with Gasteiger partial charge in [0.1, 0.15) is 0 Å². The van der Waals surface area contributed by atoms with Gasteiger partial charge in [0.15, 0.2) is 0 Å². The first kappa shape index (κ1) is 14.0. The number of carbonyl (C=O) groups is 1. The molecule has 3 rings (SSSR count). The summed E-state index contributed by atoms with van der Waals surface area (Å²) in [5, 5.41) is 0. The lowest BCUT2D eigenvalue weighted by molar-refractivity contribution is -0.123. The fourth-order valence-corrected chi connectivity index (χ4v) is 4.26. The van der Waals surface area contributed by atoms with Gasteiger partial charge in [-0.1, -0.05) is 12.1 Å². The number of hydrogen-bond donors (Lipinski definition) is 1. The molecule has 1 amide bonds. The molecule has 1 aliphatic heterocycles. The molecule has 1 aromatic rings. The van der Waals surface area contributed by atoms with E-state index in [1.54, 1.807) is 0 Å². The van der Waals surface area contributed by atoms with Crippen LogP contribution in [0.5, 0.6) is 0 Å². The zero-order chi connectivity index (χ0) is 13.9. The van der Waals surface area contributed by atoms with E-state index in [-0.39, 0.29) is 5.92 Å². The van der Waals surface area contributed by atoms with Gasteiger partial charge in [-0.2, -0.15) is 0 Å². The Morgan fingerprint density at radius 1 is 1.25 bits per heavy atom. The Hall–Kier alpha value is -1.00. The maximum absolute atomic E-state index is 12.8. The monoisotopic (exact) mass is 290 g/mol. The van der Waals surface area contributed by atoms with Gasteiger partial charge in [0.05, 0.1) is 5.69 Å². The molecule has 20 heavy (non-hydrogen) atoms. The molecule has 0 spiro atoms. The van der Waals surface area contributed by atoms with Gasteiger partial charge in [-0.05, 0) is 50.3 Å². The molecule has 0 unspecified atom stereocenters. The van der Waals surface area contributed by atoms with E-state index >= 15 is 0 Å². The number of hydrogen-bond acceptors (Lipinski definition) is 3. The number of thioether (sulfide) groups is 1. The average Bonchev–Trinajstić information content (AvgIpc) is 2.54. The highest BCUT2D eigenvalue weighted by molar-refractivity contribution is 7.99. The number of amides is 1. The molecule has 4 heteroatoms. The summed E-state index contributed by atoms with van der Waals surface area (Å²) < 4.78 is 0. The number of benzene rings is 1. The molecule has 1 fully saturated rings. The second kappa shape index (κ2) is 6.19. The van der Waals surface area contributed by atoms with Crippen molar-refractivity contribution in [2.24, 2.45) is 17.6 Å². The van der Waals surface area contributed by atoms with Crippen LogP contribution in [0.15, 0.2) is 29.2 Å². The van der Waals surface area contributed by atoms with Crippen LogP contribution >= 0.6 is 11.8 Å². The van der Waals surface area contributed by atoms with E-state index in [0.717, 1.165) is 50.2 Å². The first-order chi connectivity index (χ1) is 9.79. The summed E-state index contributed by atoms with van der Waals surface area (Å²) in [5.41, 5.74) is 6.84. The maximum Gasteiger partial charge on any atom is 0.230 e. The van der Waals surface area contributed by atoms with Crippen molar-refractivity contribution in [2.45, 2.75) is 30.6 Å². The molecule has 1 aromatic carbocycles. The SMILES string of the molecule is NCC1CCC(C(=O)N2CCSc3ccccc32)CC1. The Morgan fingerprint density at radius 2 is 2.00 bits per heavy atom. The van der Waals surface area contributed by atoms with Crippen molar-refractivity contribution in [3.8, 4) is 0 Å². The van der Waals surface area contributed by atoms with Gasteiger partial charge in [-0.25, -0.2) is 0 Å². The minimum absolute atomic E-state index is 0.203. The molecule has 0 radical (unpaired) electrons. The summed E-state index contributed by atoms with van der Waals surface area (Å²) in [7, 11) is 0. The number of anilines is 1. The van der Waals surface area contributed by atoms with Crippen LogP contribution in [0.4, 0.5) is 5.69 Å². The Labute approximate surface area is 124 Å². The van der Waals surface area contributed by atoms with Crippen molar-refractivity contribution in [1.29, 1.82) is 0 Å². The van der Waals surface area contributed by atoms with Gasteiger partial charge >= 0.3 is 0 Å². The van der Waals surface area contributed by atoms with Gasteiger partial charge in [0.2, 0.25) is 5.91 Å². The van der Waals surface area contributed by atoms with E-state index in [4.69, 9.17) is 5.73 Å². The standard InChI is InChI=1S/C16H22N2OS/c17-11-12-5-7-13(8-6-12)16(19)18-9-10-20-15-4-2-1-3-14(15)18/h1-4,12-13H,5-11,17H2. The summed E-state index contributed by atoms with van der Waals surface area (Å²) in [6.07, 6.45) is 4.23. The van der Waals surface area contributed by atoms with Gasteiger partial charge in [0.25, 0.3) is 0 Å². The Kier molecular flexibility index (Phi) is 4.32. The highest BCUT2D eigenvalue weighted by Crippen LogP contribution is 2.37. The largest absolute Gasteiger partial charge is 0.330 e. The quantitative estimate of drug-likeness (QED) is 0.911. The summed E-state index contributed by atoms with van der Waals surface area (Å²) in [6, 6.07) is 8.26. The lowest BCUT2D eigenvalue weighted by atomic mass is 9.81. The fourth-order valence-electron chi connectivity index (χ4n) is 3.26. The van der Waals surface area contributed by atoms with E-state index in [0.29, 0.717) is 11.8 Å². The van der Waals surface area contributed by atoms with E-state index in [9.17, 15) is 4.79 Å². The number of fused-ring (bicyclic) bond motifs is 1. The van der Waals surface area contributed by atoms with Crippen LogP contribution in [-0.4, -0.2) is 24.7 Å². The second-order valence-corrected chi connectivity index (χ2v) is 6.90. The predicted octanol–water partition coefficient (Wildman–Crippen LogP) is 2.89. The summed E-state index contributed by atoms with van der Waals surface area (Å²) in [5.74, 6) is 2.16. The molecule has 1 heterocycles. The molecule has 0 aromatic heterocycles. The minimum atomic E-state index is 0.203.